The van der Waals surface area contributed by atoms with Gasteiger partial charge in [-0.15, -0.1) is 0 Å². The van der Waals surface area contributed by atoms with E-state index in [0.29, 0.717) is 31.0 Å². The summed E-state index contributed by atoms with van der Waals surface area (Å²) in [6.45, 7) is 12.1. The number of amides is 2. The van der Waals surface area contributed by atoms with Gasteiger partial charge < -0.3 is 38.5 Å². The number of hydrogen-bond donors (Lipinski definition) is 0. The molecule has 0 aliphatic rings. The average Bonchev–Trinajstić information content (AvgIpc) is 3.42. The fraction of sp³-hybridized carbons (Fsp3) is 0.844. The number of esters is 4. The first-order valence-corrected chi connectivity index (χ1v) is 33.9. The van der Waals surface area contributed by atoms with Gasteiger partial charge in [-0.05, 0) is 111 Å². The van der Waals surface area contributed by atoms with Crippen LogP contribution in [-0.2, 0) is 38.1 Å². The van der Waals surface area contributed by atoms with Crippen molar-refractivity contribution in [3.05, 3.63) is 24.3 Å². The molecule has 0 aliphatic heterocycles. The van der Waals surface area contributed by atoms with Crippen molar-refractivity contribution >= 4 is 57.9 Å². The van der Waals surface area contributed by atoms with Crippen molar-refractivity contribution in [3.63, 3.8) is 0 Å². The Morgan fingerprint density at radius 1 is 0.375 bits per heavy atom. The Morgan fingerprint density at radius 2 is 0.700 bits per heavy atom. The Kier molecular flexibility index (Phi) is 54.2. The van der Waals surface area contributed by atoms with Crippen LogP contribution in [0.3, 0.4) is 0 Å². The standard InChI is InChI=1S/C64H118N4O10S2/c1-9-14-19-23-27-33-40-49-75-59(69)53-67(63(73)79-51-47-65(6)7)55-61(71)77-57(42-35-18-13-5)45-38-31-32-39-46-66(8)48-52-80-64(74)68(54-60(70)76-50-41-34-28-24-20-15-10-2)56-62(72)78-58(43-36-29-25-21-16-11-3)44-37-30-26-22-17-12-4/h33-34,40-41,57-58H,9-32,35-39,42-56H2,1-8H3/b40-33-,41-34-. The maximum atomic E-state index is 13.7. The van der Waals surface area contributed by atoms with Gasteiger partial charge in [-0.25, -0.2) is 0 Å². The predicted octanol–water partition coefficient (Wildman–Crippen LogP) is 15.8. The van der Waals surface area contributed by atoms with E-state index in [0.717, 1.165) is 146 Å². The van der Waals surface area contributed by atoms with E-state index in [-0.39, 0.29) is 62.1 Å². The molecule has 0 fully saturated rings. The number of ether oxygens (including phenoxy) is 4. The second kappa shape index (κ2) is 56.4. The molecule has 1 atom stereocenters. The molecule has 0 aliphatic carbocycles. The Balaban J connectivity index is 5.43. The van der Waals surface area contributed by atoms with Gasteiger partial charge >= 0.3 is 23.9 Å². The zero-order chi connectivity index (χ0) is 59.1. The first kappa shape index (κ1) is 76.9. The zero-order valence-corrected chi connectivity index (χ0v) is 53.9. The third-order valence-electron chi connectivity index (χ3n) is 14.0. The van der Waals surface area contributed by atoms with E-state index in [2.05, 4.69) is 39.5 Å². The van der Waals surface area contributed by atoms with Crippen molar-refractivity contribution in [2.45, 2.75) is 259 Å². The van der Waals surface area contributed by atoms with Crippen LogP contribution < -0.4 is 0 Å². The molecule has 0 spiro atoms. The highest BCUT2D eigenvalue weighted by atomic mass is 32.2. The Labute approximate surface area is 497 Å². The molecule has 0 aromatic rings. The van der Waals surface area contributed by atoms with Crippen LogP contribution >= 0.6 is 23.5 Å². The van der Waals surface area contributed by atoms with Gasteiger partial charge in [0.15, 0.2) is 0 Å². The minimum atomic E-state index is -0.560. The number of allylic oxidation sites excluding steroid dienone is 2. The van der Waals surface area contributed by atoms with Gasteiger partial charge in [-0.3, -0.25) is 28.8 Å². The van der Waals surface area contributed by atoms with Gasteiger partial charge in [-0.2, -0.15) is 0 Å². The molecule has 466 valence electrons. The molecule has 0 radical (unpaired) electrons. The van der Waals surface area contributed by atoms with E-state index in [1.807, 2.05) is 50.3 Å². The second-order valence-electron chi connectivity index (χ2n) is 22.1. The van der Waals surface area contributed by atoms with Gasteiger partial charge in [0.25, 0.3) is 10.5 Å². The van der Waals surface area contributed by atoms with E-state index in [1.165, 1.54) is 99.7 Å². The monoisotopic (exact) mass is 1170 g/mol. The van der Waals surface area contributed by atoms with Crippen molar-refractivity contribution in [3.8, 4) is 0 Å². The van der Waals surface area contributed by atoms with Gasteiger partial charge in [0, 0.05) is 24.6 Å². The van der Waals surface area contributed by atoms with Gasteiger partial charge in [0.05, 0.1) is 0 Å². The molecule has 0 aromatic carbocycles. The van der Waals surface area contributed by atoms with Crippen LogP contribution in [0.5, 0.6) is 0 Å². The van der Waals surface area contributed by atoms with E-state index in [4.69, 9.17) is 18.9 Å². The number of carbonyl (C=O) groups excluding carboxylic acids is 6. The van der Waals surface area contributed by atoms with Crippen LogP contribution in [0.1, 0.15) is 247 Å². The van der Waals surface area contributed by atoms with Crippen molar-refractivity contribution in [2.75, 3.05) is 91.7 Å². The highest BCUT2D eigenvalue weighted by molar-refractivity contribution is 8.13. The molecule has 0 bridgehead atoms. The first-order chi connectivity index (χ1) is 38.8. The number of nitrogens with zero attached hydrogens (tertiary/aromatic N) is 4. The Morgan fingerprint density at radius 3 is 1.10 bits per heavy atom. The highest BCUT2D eigenvalue weighted by Crippen LogP contribution is 2.20. The van der Waals surface area contributed by atoms with E-state index in [9.17, 15) is 28.8 Å². The van der Waals surface area contributed by atoms with Crippen LogP contribution in [0.25, 0.3) is 0 Å². The normalized spacial score (nSPS) is 12.0. The van der Waals surface area contributed by atoms with Crippen molar-refractivity contribution in [1.82, 2.24) is 19.6 Å². The van der Waals surface area contributed by atoms with Crippen LogP contribution in [0.15, 0.2) is 24.3 Å². The summed E-state index contributed by atoms with van der Waals surface area (Å²) >= 11 is 2.19. The minimum Gasteiger partial charge on any atom is -0.461 e. The van der Waals surface area contributed by atoms with Crippen LogP contribution in [-0.4, -0.2) is 158 Å². The minimum absolute atomic E-state index is 0.125. The summed E-state index contributed by atoms with van der Waals surface area (Å²) in [7, 11) is 5.89. The topological polar surface area (TPSA) is 152 Å². The lowest BCUT2D eigenvalue weighted by molar-refractivity contribution is -0.153. The second-order valence-corrected chi connectivity index (χ2v) is 24.2. The van der Waals surface area contributed by atoms with Crippen LogP contribution in [0, 0.1) is 0 Å². The third-order valence-corrected chi connectivity index (χ3v) is 15.8. The Hall–Kier alpha value is -3.08. The molecule has 0 heterocycles. The molecule has 2 amide bonds. The summed E-state index contributed by atoms with van der Waals surface area (Å²) in [6, 6.07) is 0. The lowest BCUT2D eigenvalue weighted by Crippen LogP contribution is -2.40. The van der Waals surface area contributed by atoms with Gasteiger partial charge in [0.1, 0.15) is 51.6 Å². The molecular weight excluding hydrogens is 1050 g/mol. The fourth-order valence-electron chi connectivity index (χ4n) is 9.02. The van der Waals surface area contributed by atoms with E-state index in [1.54, 1.807) is 0 Å². The highest BCUT2D eigenvalue weighted by Gasteiger charge is 2.26. The smallest absolute Gasteiger partial charge is 0.326 e. The maximum Gasteiger partial charge on any atom is 0.326 e. The fourth-order valence-corrected chi connectivity index (χ4v) is 10.9. The third kappa shape index (κ3) is 49.5. The summed E-state index contributed by atoms with van der Waals surface area (Å²) in [6.07, 6.45) is 42.2. The first-order valence-electron chi connectivity index (χ1n) is 32.0. The van der Waals surface area contributed by atoms with E-state index >= 15 is 0 Å². The van der Waals surface area contributed by atoms with Crippen molar-refractivity contribution < 1.29 is 47.7 Å². The molecule has 80 heavy (non-hydrogen) atoms. The summed E-state index contributed by atoms with van der Waals surface area (Å²) in [4.78, 5) is 86.7. The molecule has 0 rings (SSSR count). The van der Waals surface area contributed by atoms with E-state index < -0.39 is 23.9 Å². The summed E-state index contributed by atoms with van der Waals surface area (Å²) < 4.78 is 23.0. The summed E-state index contributed by atoms with van der Waals surface area (Å²) in [5, 5.41) is -0.696. The van der Waals surface area contributed by atoms with Crippen LogP contribution in [0.4, 0.5) is 9.59 Å². The number of thioether (sulfide) groups is 2. The Bertz CT molecular complexity index is 1590. The number of unbranched alkanes of at least 4 members (excludes halogenated alkanes) is 23. The predicted molar refractivity (Wildman–Crippen MR) is 336 cm³/mol. The largest absolute Gasteiger partial charge is 0.461 e. The summed E-state index contributed by atoms with van der Waals surface area (Å²) in [5.74, 6) is -1.09. The van der Waals surface area contributed by atoms with Gasteiger partial charge in [-0.1, -0.05) is 211 Å². The number of hydrogen-bond acceptors (Lipinski definition) is 14. The SMILES string of the molecule is CCCCCC/C=C\COC(=O)CN(CC(=O)OC(CCCCC)CCCCCCN(C)CCSC(=O)N(CC(=O)OC/C=C\CCCCCC)CC(=O)OC(CCCCCCCC)CCCCCCCC)C(=O)SCCN(C)C. The molecule has 1 unspecified atom stereocenters. The molecule has 14 nitrogen and oxygen atoms in total. The lowest BCUT2D eigenvalue weighted by Gasteiger charge is -2.24. The number of rotatable bonds is 55. The molecule has 0 saturated carbocycles. The zero-order valence-electron chi connectivity index (χ0n) is 52.3. The molecular formula is C64H118N4O10S2. The maximum absolute atomic E-state index is 13.7. The average molecular weight is 1170 g/mol. The quantitative estimate of drug-likeness (QED) is 0.0246. The van der Waals surface area contributed by atoms with Crippen LogP contribution in [0.2, 0.25) is 0 Å². The van der Waals surface area contributed by atoms with Crippen molar-refractivity contribution in [1.29, 1.82) is 0 Å². The van der Waals surface area contributed by atoms with Gasteiger partial charge in [0.2, 0.25) is 0 Å². The molecule has 0 N–H and O–H groups in total. The van der Waals surface area contributed by atoms with Crippen molar-refractivity contribution in [2.24, 2.45) is 0 Å². The molecule has 0 aromatic heterocycles. The molecule has 16 heteroatoms. The molecule has 0 saturated heterocycles. The lowest BCUT2D eigenvalue weighted by atomic mass is 10.0. The number of carbonyl (C=O) groups is 6. The summed E-state index contributed by atoms with van der Waals surface area (Å²) in [5.41, 5.74) is 0.